The van der Waals surface area contributed by atoms with E-state index in [1.165, 1.54) is 0 Å². The van der Waals surface area contributed by atoms with Crippen LogP contribution in [0, 0.1) is 0 Å². The summed E-state index contributed by atoms with van der Waals surface area (Å²) in [6, 6.07) is 7.18. The Labute approximate surface area is 99.4 Å². The molecule has 0 spiro atoms. The standard InChI is InChI=1S/C11H14ClN3O/c12-9-3-1-2-4-10(9)15-11(16)14-8-5-6-13-7-8/h1-4,8,13H,5-7H2,(H2,14,15,16)/t8-/m0/s1. The van der Waals surface area contributed by atoms with Crippen molar-refractivity contribution in [2.24, 2.45) is 0 Å². The molecule has 1 heterocycles. The molecule has 2 rings (SSSR count). The summed E-state index contributed by atoms with van der Waals surface area (Å²) in [6.45, 7) is 1.78. The van der Waals surface area contributed by atoms with Crippen LogP contribution in [0.25, 0.3) is 0 Å². The first-order valence-corrected chi connectivity index (χ1v) is 5.66. The van der Waals surface area contributed by atoms with Crippen LogP contribution in [-0.4, -0.2) is 25.2 Å². The molecule has 0 radical (unpaired) electrons. The Hall–Kier alpha value is -1.26. The summed E-state index contributed by atoms with van der Waals surface area (Å²) in [4.78, 5) is 11.6. The first-order chi connectivity index (χ1) is 7.75. The largest absolute Gasteiger partial charge is 0.334 e. The summed E-state index contributed by atoms with van der Waals surface area (Å²) in [7, 11) is 0. The Morgan fingerprint density at radius 3 is 2.94 bits per heavy atom. The number of hydrogen-bond donors (Lipinski definition) is 3. The number of rotatable bonds is 2. The van der Waals surface area contributed by atoms with Gasteiger partial charge in [-0.2, -0.15) is 0 Å². The third-order valence-corrected chi connectivity index (χ3v) is 2.85. The van der Waals surface area contributed by atoms with Gasteiger partial charge in [0.15, 0.2) is 0 Å². The summed E-state index contributed by atoms with van der Waals surface area (Å²) >= 11 is 5.93. The number of anilines is 1. The number of urea groups is 1. The lowest BCUT2D eigenvalue weighted by Crippen LogP contribution is -2.39. The van der Waals surface area contributed by atoms with Crippen LogP contribution in [0.3, 0.4) is 0 Å². The van der Waals surface area contributed by atoms with Gasteiger partial charge in [-0.05, 0) is 25.1 Å². The third kappa shape index (κ3) is 2.87. The van der Waals surface area contributed by atoms with Crippen molar-refractivity contribution in [3.63, 3.8) is 0 Å². The molecule has 2 amide bonds. The van der Waals surface area contributed by atoms with Crippen molar-refractivity contribution in [1.29, 1.82) is 0 Å². The van der Waals surface area contributed by atoms with Gasteiger partial charge < -0.3 is 16.0 Å². The molecule has 0 bridgehead atoms. The quantitative estimate of drug-likeness (QED) is 0.738. The van der Waals surface area contributed by atoms with E-state index in [-0.39, 0.29) is 12.1 Å². The van der Waals surface area contributed by atoms with Crippen LogP contribution in [0.1, 0.15) is 6.42 Å². The minimum absolute atomic E-state index is 0.207. The molecule has 1 aromatic carbocycles. The fraction of sp³-hybridized carbons (Fsp3) is 0.364. The normalized spacial score (nSPS) is 19.4. The van der Waals surface area contributed by atoms with Crippen molar-refractivity contribution in [3.05, 3.63) is 29.3 Å². The van der Waals surface area contributed by atoms with Crippen LogP contribution < -0.4 is 16.0 Å². The third-order valence-electron chi connectivity index (χ3n) is 2.52. The van der Waals surface area contributed by atoms with E-state index in [0.29, 0.717) is 10.7 Å². The van der Waals surface area contributed by atoms with E-state index in [1.54, 1.807) is 12.1 Å². The van der Waals surface area contributed by atoms with Crippen molar-refractivity contribution in [1.82, 2.24) is 10.6 Å². The van der Waals surface area contributed by atoms with Gasteiger partial charge in [0.05, 0.1) is 10.7 Å². The number of halogens is 1. The maximum atomic E-state index is 11.6. The molecule has 1 aliphatic rings. The van der Waals surface area contributed by atoms with Gasteiger partial charge in [-0.15, -0.1) is 0 Å². The molecular formula is C11H14ClN3O. The lowest BCUT2D eigenvalue weighted by atomic mass is 10.3. The van der Waals surface area contributed by atoms with E-state index in [4.69, 9.17) is 11.6 Å². The zero-order valence-electron chi connectivity index (χ0n) is 8.79. The van der Waals surface area contributed by atoms with E-state index in [9.17, 15) is 4.79 Å². The Morgan fingerprint density at radius 2 is 2.25 bits per heavy atom. The monoisotopic (exact) mass is 239 g/mol. The number of benzene rings is 1. The Balaban J connectivity index is 1.89. The predicted octanol–water partition coefficient (Wildman–Crippen LogP) is 1.82. The summed E-state index contributed by atoms with van der Waals surface area (Å²) in [5.74, 6) is 0. The smallest absolute Gasteiger partial charge is 0.319 e. The second kappa shape index (κ2) is 5.18. The van der Waals surface area contributed by atoms with Crippen molar-refractivity contribution in [3.8, 4) is 0 Å². The molecular weight excluding hydrogens is 226 g/mol. The number of nitrogens with one attached hydrogen (secondary N) is 3. The number of carbonyl (C=O) groups excluding carboxylic acids is 1. The molecule has 1 aromatic rings. The summed E-state index contributed by atoms with van der Waals surface area (Å²) < 4.78 is 0. The van der Waals surface area contributed by atoms with Gasteiger partial charge >= 0.3 is 6.03 Å². The first-order valence-electron chi connectivity index (χ1n) is 5.28. The molecule has 5 heteroatoms. The molecule has 0 aromatic heterocycles. The highest BCUT2D eigenvalue weighted by molar-refractivity contribution is 6.33. The van der Waals surface area contributed by atoms with Crippen molar-refractivity contribution >= 4 is 23.3 Å². The van der Waals surface area contributed by atoms with Gasteiger partial charge in [0.1, 0.15) is 0 Å². The number of amides is 2. The van der Waals surface area contributed by atoms with E-state index in [0.717, 1.165) is 19.5 Å². The summed E-state index contributed by atoms with van der Waals surface area (Å²) in [5, 5.41) is 9.34. The molecule has 1 saturated heterocycles. The average Bonchev–Trinajstić information content (AvgIpc) is 2.74. The number of hydrogen-bond acceptors (Lipinski definition) is 2. The van der Waals surface area contributed by atoms with Crippen LogP contribution in [-0.2, 0) is 0 Å². The molecule has 16 heavy (non-hydrogen) atoms. The zero-order valence-corrected chi connectivity index (χ0v) is 9.55. The number of carbonyl (C=O) groups is 1. The topological polar surface area (TPSA) is 53.2 Å². The Kier molecular flexibility index (Phi) is 3.64. The minimum atomic E-state index is -0.207. The maximum absolute atomic E-state index is 11.6. The van der Waals surface area contributed by atoms with Gasteiger partial charge in [-0.25, -0.2) is 4.79 Å². The maximum Gasteiger partial charge on any atom is 0.319 e. The molecule has 4 nitrogen and oxygen atoms in total. The zero-order chi connectivity index (χ0) is 11.4. The predicted molar refractivity (Wildman–Crippen MR) is 64.9 cm³/mol. The lowest BCUT2D eigenvalue weighted by Gasteiger charge is -2.13. The molecule has 86 valence electrons. The lowest BCUT2D eigenvalue weighted by molar-refractivity contribution is 0.249. The molecule has 0 aliphatic carbocycles. The Bertz CT molecular complexity index is 377. The van der Waals surface area contributed by atoms with Crippen LogP contribution in [0.2, 0.25) is 5.02 Å². The molecule has 1 fully saturated rings. The molecule has 1 aliphatic heterocycles. The SMILES string of the molecule is O=C(Nc1ccccc1Cl)N[C@H]1CCNC1. The van der Waals surface area contributed by atoms with Gasteiger partial charge in [-0.1, -0.05) is 23.7 Å². The van der Waals surface area contributed by atoms with Crippen molar-refractivity contribution in [2.45, 2.75) is 12.5 Å². The van der Waals surface area contributed by atoms with Gasteiger partial charge in [0.2, 0.25) is 0 Å². The number of para-hydroxylation sites is 1. The van der Waals surface area contributed by atoms with Gasteiger partial charge in [0, 0.05) is 12.6 Å². The van der Waals surface area contributed by atoms with E-state index < -0.39 is 0 Å². The average molecular weight is 240 g/mol. The molecule has 3 N–H and O–H groups in total. The fourth-order valence-electron chi connectivity index (χ4n) is 1.68. The highest BCUT2D eigenvalue weighted by Crippen LogP contribution is 2.20. The first kappa shape index (κ1) is 11.2. The van der Waals surface area contributed by atoms with Crippen LogP contribution in [0.15, 0.2) is 24.3 Å². The molecule has 0 unspecified atom stereocenters. The summed E-state index contributed by atoms with van der Waals surface area (Å²) in [5.41, 5.74) is 0.632. The minimum Gasteiger partial charge on any atom is -0.334 e. The van der Waals surface area contributed by atoms with E-state index in [2.05, 4.69) is 16.0 Å². The Morgan fingerprint density at radius 1 is 1.44 bits per heavy atom. The molecule has 0 saturated carbocycles. The van der Waals surface area contributed by atoms with Gasteiger partial charge in [-0.3, -0.25) is 0 Å². The fourth-order valence-corrected chi connectivity index (χ4v) is 1.87. The highest BCUT2D eigenvalue weighted by atomic mass is 35.5. The van der Waals surface area contributed by atoms with Crippen LogP contribution in [0.5, 0.6) is 0 Å². The molecule has 1 atom stereocenters. The van der Waals surface area contributed by atoms with E-state index >= 15 is 0 Å². The van der Waals surface area contributed by atoms with Crippen LogP contribution in [0.4, 0.5) is 10.5 Å². The second-order valence-electron chi connectivity index (χ2n) is 3.77. The second-order valence-corrected chi connectivity index (χ2v) is 4.18. The van der Waals surface area contributed by atoms with Gasteiger partial charge in [0.25, 0.3) is 0 Å². The van der Waals surface area contributed by atoms with Crippen molar-refractivity contribution in [2.75, 3.05) is 18.4 Å². The van der Waals surface area contributed by atoms with E-state index in [1.807, 2.05) is 12.1 Å². The van der Waals surface area contributed by atoms with Crippen LogP contribution >= 0.6 is 11.6 Å². The summed E-state index contributed by atoms with van der Waals surface area (Å²) in [6.07, 6.45) is 0.968. The highest BCUT2D eigenvalue weighted by Gasteiger charge is 2.16. The van der Waals surface area contributed by atoms with Crippen molar-refractivity contribution < 1.29 is 4.79 Å².